The first kappa shape index (κ1) is 13.6. The van der Waals surface area contributed by atoms with Crippen molar-refractivity contribution in [1.82, 2.24) is 5.32 Å². The van der Waals surface area contributed by atoms with Gasteiger partial charge in [-0.3, -0.25) is 4.79 Å². The maximum Gasteiger partial charge on any atom is 0.217 e. The van der Waals surface area contributed by atoms with Crippen LogP contribution in [0.2, 0.25) is 0 Å². The number of halogens is 1. The highest BCUT2D eigenvalue weighted by molar-refractivity contribution is 5.73. The fourth-order valence-corrected chi connectivity index (χ4v) is 1.60. The molecule has 0 unspecified atom stereocenters. The molecule has 0 aromatic heterocycles. The summed E-state index contributed by atoms with van der Waals surface area (Å²) in [4.78, 5) is 10.5. The first-order chi connectivity index (χ1) is 8.20. The van der Waals surface area contributed by atoms with Crippen LogP contribution in [0.25, 0.3) is 0 Å². The number of amides is 1. The van der Waals surface area contributed by atoms with Crippen LogP contribution in [0, 0.1) is 5.82 Å². The molecule has 1 amide bonds. The number of nitrogens with two attached hydrogens (primary N) is 1. The van der Waals surface area contributed by atoms with E-state index in [0.717, 1.165) is 31.5 Å². The third-order valence-corrected chi connectivity index (χ3v) is 2.56. The SMILES string of the molecule is NC(=O)CCCCNCCc1ccccc1F. The molecule has 0 radical (unpaired) electrons. The smallest absolute Gasteiger partial charge is 0.217 e. The molecule has 0 aliphatic rings. The first-order valence-electron chi connectivity index (χ1n) is 5.92. The van der Waals surface area contributed by atoms with Crippen LogP contribution < -0.4 is 11.1 Å². The first-order valence-corrected chi connectivity index (χ1v) is 5.92. The number of carbonyl (C=O) groups is 1. The van der Waals surface area contributed by atoms with Crippen LogP contribution in [0.1, 0.15) is 24.8 Å². The Morgan fingerprint density at radius 1 is 1.24 bits per heavy atom. The predicted octanol–water partition coefficient (Wildman–Crippen LogP) is 1.61. The van der Waals surface area contributed by atoms with E-state index in [2.05, 4.69) is 5.32 Å². The highest BCUT2D eigenvalue weighted by atomic mass is 19.1. The third-order valence-electron chi connectivity index (χ3n) is 2.56. The van der Waals surface area contributed by atoms with Crippen molar-refractivity contribution in [3.8, 4) is 0 Å². The van der Waals surface area contributed by atoms with Crippen molar-refractivity contribution in [3.63, 3.8) is 0 Å². The maximum absolute atomic E-state index is 13.2. The summed E-state index contributed by atoms with van der Waals surface area (Å²) in [6, 6.07) is 6.80. The highest BCUT2D eigenvalue weighted by Crippen LogP contribution is 2.06. The van der Waals surface area contributed by atoms with E-state index in [1.54, 1.807) is 12.1 Å². The van der Waals surface area contributed by atoms with E-state index in [0.29, 0.717) is 12.8 Å². The number of primary amides is 1. The Hall–Kier alpha value is -1.42. The predicted molar refractivity (Wildman–Crippen MR) is 66.0 cm³/mol. The highest BCUT2D eigenvalue weighted by Gasteiger charge is 1.99. The summed E-state index contributed by atoms with van der Waals surface area (Å²) in [7, 11) is 0. The molecule has 17 heavy (non-hydrogen) atoms. The van der Waals surface area contributed by atoms with Crippen LogP contribution >= 0.6 is 0 Å². The normalized spacial score (nSPS) is 10.4. The van der Waals surface area contributed by atoms with E-state index in [-0.39, 0.29) is 11.7 Å². The lowest BCUT2D eigenvalue weighted by Crippen LogP contribution is -2.19. The molecular formula is C13H19FN2O. The zero-order valence-electron chi connectivity index (χ0n) is 9.92. The number of rotatable bonds is 8. The van der Waals surface area contributed by atoms with Gasteiger partial charge in [0.2, 0.25) is 5.91 Å². The van der Waals surface area contributed by atoms with Crippen LogP contribution in [0.3, 0.4) is 0 Å². The molecule has 0 fully saturated rings. The number of unbranched alkanes of at least 4 members (excludes halogenated alkanes) is 1. The summed E-state index contributed by atoms with van der Waals surface area (Å²) in [6.45, 7) is 1.58. The molecule has 1 aromatic rings. The number of benzene rings is 1. The quantitative estimate of drug-likeness (QED) is 0.676. The van der Waals surface area contributed by atoms with Crippen molar-refractivity contribution in [3.05, 3.63) is 35.6 Å². The second kappa shape index (κ2) is 7.79. The third kappa shape index (κ3) is 6.02. The molecule has 0 spiro atoms. The van der Waals surface area contributed by atoms with E-state index < -0.39 is 0 Å². The van der Waals surface area contributed by atoms with Gasteiger partial charge in [0.25, 0.3) is 0 Å². The molecular weight excluding hydrogens is 219 g/mol. The monoisotopic (exact) mass is 238 g/mol. The molecule has 3 N–H and O–H groups in total. The molecule has 1 rings (SSSR count). The van der Waals surface area contributed by atoms with E-state index in [4.69, 9.17) is 5.73 Å². The van der Waals surface area contributed by atoms with E-state index >= 15 is 0 Å². The largest absolute Gasteiger partial charge is 0.370 e. The van der Waals surface area contributed by atoms with Gasteiger partial charge in [0, 0.05) is 6.42 Å². The summed E-state index contributed by atoms with van der Waals surface area (Å²) < 4.78 is 13.2. The van der Waals surface area contributed by atoms with Gasteiger partial charge in [-0.25, -0.2) is 4.39 Å². The Kier molecular flexibility index (Phi) is 6.25. The summed E-state index contributed by atoms with van der Waals surface area (Å²) in [6.07, 6.45) is 2.85. The average molecular weight is 238 g/mol. The minimum absolute atomic E-state index is 0.150. The number of nitrogens with one attached hydrogen (secondary N) is 1. The fourth-order valence-electron chi connectivity index (χ4n) is 1.60. The van der Waals surface area contributed by atoms with Crippen LogP contribution in [-0.4, -0.2) is 19.0 Å². The molecule has 3 nitrogen and oxygen atoms in total. The van der Waals surface area contributed by atoms with Gasteiger partial charge in [0.15, 0.2) is 0 Å². The molecule has 0 atom stereocenters. The molecule has 1 aromatic carbocycles. The summed E-state index contributed by atoms with van der Waals surface area (Å²) >= 11 is 0. The molecule has 4 heteroatoms. The Morgan fingerprint density at radius 3 is 2.71 bits per heavy atom. The topological polar surface area (TPSA) is 55.1 Å². The lowest BCUT2D eigenvalue weighted by Gasteiger charge is -2.05. The standard InChI is InChI=1S/C13H19FN2O/c14-12-6-2-1-5-11(12)8-10-16-9-4-3-7-13(15)17/h1-2,5-6,16H,3-4,7-10H2,(H2,15,17). The van der Waals surface area contributed by atoms with E-state index in [1.807, 2.05) is 6.07 Å². The van der Waals surface area contributed by atoms with Gasteiger partial charge in [0.1, 0.15) is 5.82 Å². The van der Waals surface area contributed by atoms with Crippen LogP contribution in [0.4, 0.5) is 4.39 Å². The van der Waals surface area contributed by atoms with Crippen molar-refractivity contribution in [2.75, 3.05) is 13.1 Å². The molecule has 0 bridgehead atoms. The molecule has 0 heterocycles. The van der Waals surface area contributed by atoms with E-state index in [1.165, 1.54) is 6.07 Å². The number of hydrogen-bond acceptors (Lipinski definition) is 2. The number of carbonyl (C=O) groups excluding carboxylic acids is 1. The molecule has 0 aliphatic heterocycles. The zero-order valence-corrected chi connectivity index (χ0v) is 9.92. The van der Waals surface area contributed by atoms with Crippen LogP contribution in [0.15, 0.2) is 24.3 Å². The zero-order chi connectivity index (χ0) is 12.5. The summed E-state index contributed by atoms with van der Waals surface area (Å²) in [5.74, 6) is -0.403. The van der Waals surface area contributed by atoms with Crippen molar-refractivity contribution in [2.45, 2.75) is 25.7 Å². The van der Waals surface area contributed by atoms with Gasteiger partial charge in [-0.05, 0) is 44.0 Å². The Labute approximate surface area is 101 Å². The van der Waals surface area contributed by atoms with Crippen molar-refractivity contribution in [1.29, 1.82) is 0 Å². The molecule has 0 saturated heterocycles. The van der Waals surface area contributed by atoms with Gasteiger partial charge >= 0.3 is 0 Å². The van der Waals surface area contributed by atoms with Gasteiger partial charge in [0.05, 0.1) is 0 Å². The van der Waals surface area contributed by atoms with Crippen molar-refractivity contribution in [2.24, 2.45) is 5.73 Å². The Morgan fingerprint density at radius 2 is 2.00 bits per heavy atom. The van der Waals surface area contributed by atoms with Crippen LogP contribution in [0.5, 0.6) is 0 Å². The summed E-state index contributed by atoms with van der Waals surface area (Å²) in [5.41, 5.74) is 5.76. The van der Waals surface area contributed by atoms with Gasteiger partial charge in [-0.1, -0.05) is 18.2 Å². The van der Waals surface area contributed by atoms with Gasteiger partial charge < -0.3 is 11.1 Å². The van der Waals surface area contributed by atoms with E-state index in [9.17, 15) is 9.18 Å². The molecule has 94 valence electrons. The second-order valence-corrected chi connectivity index (χ2v) is 4.01. The Bertz CT molecular complexity index is 355. The van der Waals surface area contributed by atoms with Crippen molar-refractivity contribution < 1.29 is 9.18 Å². The average Bonchev–Trinajstić information content (AvgIpc) is 2.30. The maximum atomic E-state index is 13.2. The van der Waals surface area contributed by atoms with Gasteiger partial charge in [-0.2, -0.15) is 0 Å². The fraction of sp³-hybridized carbons (Fsp3) is 0.462. The lowest BCUT2D eigenvalue weighted by molar-refractivity contribution is -0.118. The van der Waals surface area contributed by atoms with Crippen LogP contribution in [-0.2, 0) is 11.2 Å². The molecule has 0 saturated carbocycles. The number of hydrogen-bond donors (Lipinski definition) is 2. The Balaban J connectivity index is 2.05. The summed E-state index contributed by atoms with van der Waals surface area (Å²) in [5, 5.41) is 3.22. The minimum atomic E-state index is -0.253. The minimum Gasteiger partial charge on any atom is -0.370 e. The van der Waals surface area contributed by atoms with Gasteiger partial charge in [-0.15, -0.1) is 0 Å². The molecule has 0 aliphatic carbocycles. The lowest BCUT2D eigenvalue weighted by atomic mass is 10.1. The van der Waals surface area contributed by atoms with Crippen molar-refractivity contribution >= 4 is 5.91 Å². The second-order valence-electron chi connectivity index (χ2n) is 4.01.